The van der Waals surface area contributed by atoms with Gasteiger partial charge in [0.15, 0.2) is 0 Å². The molecule has 0 saturated carbocycles. The van der Waals surface area contributed by atoms with Crippen LogP contribution >= 0.6 is 0 Å². The number of hydrazine groups is 1. The van der Waals surface area contributed by atoms with Crippen molar-refractivity contribution in [3.63, 3.8) is 0 Å². The molecular weight excluding hydrogens is 266 g/mol. The topological polar surface area (TPSA) is 103 Å². The molecule has 106 valence electrons. The maximum absolute atomic E-state index is 11.3. The van der Waals surface area contributed by atoms with Gasteiger partial charge in [0.2, 0.25) is 0 Å². The number of carboxylic acid groups (broad SMARTS) is 1. The van der Waals surface area contributed by atoms with Crippen molar-refractivity contribution in [3.8, 4) is 0 Å². The Labute approximate surface area is 113 Å². The molecule has 0 atom stereocenters. The van der Waals surface area contributed by atoms with Crippen LogP contribution in [0.3, 0.4) is 0 Å². The highest BCUT2D eigenvalue weighted by Gasteiger charge is 2.29. The third kappa shape index (κ3) is 2.33. The van der Waals surface area contributed by atoms with Crippen LogP contribution in [-0.2, 0) is 0 Å². The summed E-state index contributed by atoms with van der Waals surface area (Å²) in [5.74, 6) is -1.18. The van der Waals surface area contributed by atoms with Gasteiger partial charge in [-0.3, -0.25) is 9.59 Å². The van der Waals surface area contributed by atoms with Crippen LogP contribution < -0.4 is 16.2 Å². The highest BCUT2D eigenvalue weighted by Crippen LogP contribution is 2.21. The summed E-state index contributed by atoms with van der Waals surface area (Å²) in [5.41, 5.74) is -1.33. The molecule has 0 aliphatic rings. The van der Waals surface area contributed by atoms with Gasteiger partial charge in [-0.15, -0.1) is 0 Å². The van der Waals surface area contributed by atoms with E-state index in [1.807, 2.05) is 0 Å². The van der Waals surface area contributed by atoms with Crippen molar-refractivity contribution >= 4 is 11.7 Å². The number of carbonyl (C=O) groups is 1. The number of para-hydroxylation sites is 1. The zero-order chi connectivity index (χ0) is 14.9. The van der Waals surface area contributed by atoms with Crippen LogP contribution in [0.2, 0.25) is 0 Å². The van der Waals surface area contributed by atoms with Gasteiger partial charge in [0.1, 0.15) is 0 Å². The van der Waals surface area contributed by atoms with E-state index in [1.165, 1.54) is 24.2 Å². The summed E-state index contributed by atoms with van der Waals surface area (Å²) < 4.78 is 0.817. The summed E-state index contributed by atoms with van der Waals surface area (Å²) in [6.45, 7) is -0.0799. The van der Waals surface area contributed by atoms with E-state index in [0.717, 1.165) is 9.79 Å². The lowest BCUT2D eigenvalue weighted by Gasteiger charge is -2.30. The predicted octanol–water partition coefficient (Wildman–Crippen LogP) is -1.11. The first-order valence-corrected chi connectivity index (χ1v) is 5.81. The first kappa shape index (κ1) is 14.0. The summed E-state index contributed by atoms with van der Waals surface area (Å²) in [6, 6.07) is 6.00. The first-order valence-electron chi connectivity index (χ1n) is 5.81. The van der Waals surface area contributed by atoms with Gasteiger partial charge in [-0.25, -0.2) is 14.9 Å². The zero-order valence-electron chi connectivity index (χ0n) is 10.7. The second kappa shape index (κ2) is 5.27. The summed E-state index contributed by atoms with van der Waals surface area (Å²) in [6.07, 6.45) is 0. The molecule has 1 aromatic heterocycles. The molecule has 0 aliphatic heterocycles. The minimum Gasteiger partial charge on any atom is -0.478 e. The van der Waals surface area contributed by atoms with E-state index in [4.69, 9.17) is 5.11 Å². The fourth-order valence-electron chi connectivity index (χ4n) is 1.81. The molecule has 0 aliphatic carbocycles. The number of rotatable bonds is 6. The number of aromatic carboxylic acids is 1. The predicted molar refractivity (Wildman–Crippen MR) is 70.3 cm³/mol. The van der Waals surface area contributed by atoms with Crippen molar-refractivity contribution in [2.24, 2.45) is 0 Å². The molecular formula is C12H13N3O5. The van der Waals surface area contributed by atoms with E-state index in [-0.39, 0.29) is 24.4 Å². The average Bonchev–Trinajstić information content (AvgIpc) is 2.99. The van der Waals surface area contributed by atoms with E-state index in [9.17, 15) is 19.5 Å². The molecule has 0 bridgehead atoms. The molecule has 20 heavy (non-hydrogen) atoms. The van der Waals surface area contributed by atoms with Gasteiger partial charge in [-0.05, 0) is 12.1 Å². The molecule has 0 radical (unpaired) electrons. The van der Waals surface area contributed by atoms with E-state index >= 15 is 0 Å². The summed E-state index contributed by atoms with van der Waals surface area (Å²) in [7, 11) is 1.54. The SMILES string of the molecule is CN(CCO)N(c1ccccc1C(=O)O)n1c(=O)c1=O. The van der Waals surface area contributed by atoms with Gasteiger partial charge < -0.3 is 10.2 Å². The first-order chi connectivity index (χ1) is 9.49. The van der Waals surface area contributed by atoms with E-state index in [2.05, 4.69) is 0 Å². The van der Waals surface area contributed by atoms with Gasteiger partial charge in [-0.1, -0.05) is 12.1 Å². The largest absolute Gasteiger partial charge is 0.478 e. The van der Waals surface area contributed by atoms with Gasteiger partial charge >= 0.3 is 17.1 Å². The molecule has 0 fully saturated rings. The number of likely N-dealkylation sites (N-methyl/N-ethyl adjacent to an activating group) is 1. The molecule has 1 heterocycles. The lowest BCUT2D eigenvalue weighted by atomic mass is 10.2. The maximum atomic E-state index is 11.3. The van der Waals surface area contributed by atoms with E-state index in [0.29, 0.717) is 0 Å². The van der Waals surface area contributed by atoms with Crippen LogP contribution in [0.4, 0.5) is 5.69 Å². The monoisotopic (exact) mass is 279 g/mol. The maximum Gasteiger partial charge on any atom is 0.341 e. The summed E-state index contributed by atoms with van der Waals surface area (Å²) >= 11 is 0. The fourth-order valence-corrected chi connectivity index (χ4v) is 1.81. The van der Waals surface area contributed by atoms with Gasteiger partial charge in [-0.2, -0.15) is 4.68 Å². The highest BCUT2D eigenvalue weighted by atomic mass is 16.4. The minimum absolute atomic E-state index is 0.0511. The number of carboxylic acids is 1. The Morgan fingerprint density at radius 3 is 2.35 bits per heavy atom. The smallest absolute Gasteiger partial charge is 0.341 e. The second-order valence-electron chi connectivity index (χ2n) is 4.14. The fraction of sp³-hybridized carbons (Fsp3) is 0.250. The molecule has 0 amide bonds. The summed E-state index contributed by atoms with van der Waals surface area (Å²) in [5, 5.41) is 20.7. The molecule has 2 rings (SSSR count). The quantitative estimate of drug-likeness (QED) is 0.510. The molecule has 0 spiro atoms. The standard InChI is InChI=1S/C12H13N3O5/c1-13(6-7-16)15(14-10(17)11(14)18)9-5-3-2-4-8(9)12(19)20/h2-5,16H,6-7H2,1H3,(H,19,20). The number of benzene rings is 1. The number of hydrogen-bond donors (Lipinski definition) is 2. The van der Waals surface area contributed by atoms with Gasteiger partial charge in [0.05, 0.1) is 17.9 Å². The lowest BCUT2D eigenvalue weighted by molar-refractivity contribution is 0.0696. The summed E-state index contributed by atoms with van der Waals surface area (Å²) in [4.78, 5) is 33.9. The van der Waals surface area contributed by atoms with Crippen molar-refractivity contribution in [2.45, 2.75) is 0 Å². The van der Waals surface area contributed by atoms with Crippen LogP contribution in [0.25, 0.3) is 0 Å². The van der Waals surface area contributed by atoms with Crippen molar-refractivity contribution in [1.29, 1.82) is 0 Å². The highest BCUT2D eigenvalue weighted by molar-refractivity contribution is 5.94. The number of aromatic nitrogens is 1. The van der Waals surface area contributed by atoms with Crippen LogP contribution in [0, 0.1) is 0 Å². The molecule has 0 saturated heterocycles. The van der Waals surface area contributed by atoms with Crippen LogP contribution in [-0.4, -0.2) is 46.1 Å². The molecule has 0 unspecified atom stereocenters. The molecule has 8 heteroatoms. The van der Waals surface area contributed by atoms with Crippen molar-refractivity contribution in [1.82, 2.24) is 9.69 Å². The normalized spacial score (nSPS) is 11.2. The third-order valence-electron chi connectivity index (χ3n) is 2.80. The Balaban J connectivity index is 2.53. The molecule has 1 aromatic carbocycles. The second-order valence-corrected chi connectivity index (χ2v) is 4.14. The van der Waals surface area contributed by atoms with Crippen molar-refractivity contribution in [2.75, 3.05) is 25.3 Å². The third-order valence-corrected chi connectivity index (χ3v) is 2.80. The Kier molecular flexibility index (Phi) is 3.68. The Bertz CT molecular complexity index is 676. The zero-order valence-corrected chi connectivity index (χ0v) is 10.7. The average molecular weight is 279 g/mol. The van der Waals surface area contributed by atoms with Gasteiger partial charge in [0, 0.05) is 13.6 Å². The lowest BCUT2D eigenvalue weighted by Crippen LogP contribution is -2.45. The van der Waals surface area contributed by atoms with Crippen LogP contribution in [0.15, 0.2) is 33.9 Å². The Hall–Kier alpha value is -2.45. The van der Waals surface area contributed by atoms with E-state index < -0.39 is 17.1 Å². The number of anilines is 1. The van der Waals surface area contributed by atoms with Crippen LogP contribution in [0.5, 0.6) is 0 Å². The van der Waals surface area contributed by atoms with Crippen molar-refractivity contribution < 1.29 is 15.0 Å². The molecule has 2 aromatic rings. The number of hydrogen-bond acceptors (Lipinski definition) is 6. The number of aliphatic hydroxyl groups is 1. The van der Waals surface area contributed by atoms with E-state index in [1.54, 1.807) is 12.1 Å². The Morgan fingerprint density at radius 2 is 1.85 bits per heavy atom. The minimum atomic E-state index is -1.18. The number of nitrogens with zero attached hydrogens (tertiary/aromatic N) is 3. The van der Waals surface area contributed by atoms with Gasteiger partial charge in [0.25, 0.3) is 0 Å². The van der Waals surface area contributed by atoms with Crippen LogP contribution in [0.1, 0.15) is 10.4 Å². The number of aliphatic hydroxyl groups excluding tert-OH is 1. The van der Waals surface area contributed by atoms with Crippen molar-refractivity contribution in [3.05, 3.63) is 50.5 Å². The Morgan fingerprint density at radius 1 is 1.25 bits per heavy atom. The molecule has 8 nitrogen and oxygen atoms in total. The molecule has 2 N–H and O–H groups in total.